The van der Waals surface area contributed by atoms with E-state index in [9.17, 15) is 14.4 Å². The minimum absolute atomic E-state index is 0.0327. The number of rotatable bonds is 8. The fourth-order valence-corrected chi connectivity index (χ4v) is 2.79. The van der Waals surface area contributed by atoms with Gasteiger partial charge in [-0.1, -0.05) is 0 Å². The topological polar surface area (TPSA) is 81.7 Å². The summed E-state index contributed by atoms with van der Waals surface area (Å²) in [5, 5.41) is 4.27. The summed E-state index contributed by atoms with van der Waals surface area (Å²) in [7, 11) is 0. The molecule has 0 saturated carbocycles. The van der Waals surface area contributed by atoms with Gasteiger partial charge in [0.25, 0.3) is 5.91 Å². The van der Waals surface area contributed by atoms with E-state index in [1.807, 2.05) is 0 Å². The van der Waals surface area contributed by atoms with E-state index in [0.717, 1.165) is 3.79 Å². The summed E-state index contributed by atoms with van der Waals surface area (Å²) in [5.41, 5.74) is 0.447. The van der Waals surface area contributed by atoms with Crippen LogP contribution in [0.1, 0.15) is 37.0 Å². The highest BCUT2D eigenvalue weighted by atomic mass is 79.9. The third-order valence-corrected chi connectivity index (χ3v) is 4.15. The van der Waals surface area contributed by atoms with Crippen LogP contribution in [0.25, 0.3) is 0 Å². The Hall–Kier alpha value is -1.41. The Morgan fingerprint density at radius 2 is 1.95 bits per heavy atom. The largest absolute Gasteiger partial charge is 0.466 e. The van der Waals surface area contributed by atoms with E-state index in [4.69, 9.17) is 9.47 Å². The molecule has 1 rings (SSSR count). The van der Waals surface area contributed by atoms with Crippen LogP contribution in [0, 0.1) is 0 Å². The molecule has 22 heavy (non-hydrogen) atoms. The van der Waals surface area contributed by atoms with Crippen molar-refractivity contribution in [2.45, 2.75) is 32.7 Å². The smallest absolute Gasteiger partial charge is 0.328 e. The van der Waals surface area contributed by atoms with Crippen LogP contribution in [-0.4, -0.2) is 37.1 Å². The number of thiophene rings is 1. The average molecular weight is 392 g/mol. The molecule has 1 aromatic heterocycles. The second-order valence-electron chi connectivity index (χ2n) is 4.26. The SMILES string of the molecule is CCOC(=O)CCC(NC(=O)c1csc(Br)c1)C(=O)OCC. The first-order chi connectivity index (χ1) is 10.5. The van der Waals surface area contributed by atoms with Crippen molar-refractivity contribution in [3.05, 3.63) is 20.8 Å². The molecule has 0 aliphatic carbocycles. The van der Waals surface area contributed by atoms with E-state index in [1.54, 1.807) is 25.3 Å². The molecule has 1 unspecified atom stereocenters. The zero-order valence-electron chi connectivity index (χ0n) is 12.4. The molecular formula is C14H18BrNO5S. The van der Waals surface area contributed by atoms with Crippen LogP contribution in [0.3, 0.4) is 0 Å². The average Bonchev–Trinajstić information content (AvgIpc) is 2.90. The maximum absolute atomic E-state index is 12.1. The van der Waals surface area contributed by atoms with Crippen molar-refractivity contribution in [2.75, 3.05) is 13.2 Å². The van der Waals surface area contributed by atoms with Gasteiger partial charge in [0.1, 0.15) is 6.04 Å². The van der Waals surface area contributed by atoms with Gasteiger partial charge in [-0.15, -0.1) is 11.3 Å². The molecule has 1 aromatic rings. The van der Waals surface area contributed by atoms with Crippen LogP contribution < -0.4 is 5.32 Å². The lowest BCUT2D eigenvalue weighted by atomic mass is 10.1. The number of esters is 2. The summed E-state index contributed by atoms with van der Waals surface area (Å²) >= 11 is 4.64. The van der Waals surface area contributed by atoms with Gasteiger partial charge in [0, 0.05) is 11.8 Å². The second-order valence-corrected chi connectivity index (χ2v) is 6.55. The predicted molar refractivity (Wildman–Crippen MR) is 85.8 cm³/mol. The summed E-state index contributed by atoms with van der Waals surface area (Å²) in [6.45, 7) is 3.86. The summed E-state index contributed by atoms with van der Waals surface area (Å²) in [6.07, 6.45) is 0.166. The molecule has 1 atom stereocenters. The Bertz CT molecular complexity index is 531. The molecule has 0 bridgehead atoms. The molecule has 0 aromatic carbocycles. The van der Waals surface area contributed by atoms with Crippen molar-refractivity contribution >= 4 is 45.1 Å². The molecule has 0 aliphatic rings. The van der Waals surface area contributed by atoms with Crippen LogP contribution in [0.2, 0.25) is 0 Å². The number of carbonyl (C=O) groups excluding carboxylic acids is 3. The van der Waals surface area contributed by atoms with Gasteiger partial charge < -0.3 is 14.8 Å². The third-order valence-electron chi connectivity index (χ3n) is 2.65. The van der Waals surface area contributed by atoms with Gasteiger partial charge >= 0.3 is 11.9 Å². The van der Waals surface area contributed by atoms with E-state index in [-0.39, 0.29) is 32.0 Å². The van der Waals surface area contributed by atoms with E-state index >= 15 is 0 Å². The molecule has 0 radical (unpaired) electrons. The number of ether oxygens (including phenoxy) is 2. The Morgan fingerprint density at radius 3 is 2.50 bits per heavy atom. The van der Waals surface area contributed by atoms with Gasteiger partial charge in [-0.2, -0.15) is 0 Å². The highest BCUT2D eigenvalue weighted by molar-refractivity contribution is 9.11. The predicted octanol–water partition coefficient (Wildman–Crippen LogP) is 2.52. The second kappa shape index (κ2) is 9.58. The van der Waals surface area contributed by atoms with E-state index in [2.05, 4.69) is 21.2 Å². The Kier molecular flexibility index (Phi) is 8.11. The molecule has 1 N–H and O–H groups in total. The zero-order chi connectivity index (χ0) is 16.5. The molecule has 0 spiro atoms. The number of halogens is 1. The van der Waals surface area contributed by atoms with E-state index in [0.29, 0.717) is 5.56 Å². The quantitative estimate of drug-likeness (QED) is 0.688. The lowest BCUT2D eigenvalue weighted by Gasteiger charge is -2.16. The molecule has 0 saturated heterocycles. The molecule has 0 aliphatic heterocycles. The van der Waals surface area contributed by atoms with E-state index in [1.165, 1.54) is 11.3 Å². The first-order valence-electron chi connectivity index (χ1n) is 6.85. The summed E-state index contributed by atoms with van der Waals surface area (Å²) in [4.78, 5) is 35.4. The number of amides is 1. The van der Waals surface area contributed by atoms with Gasteiger partial charge in [0.2, 0.25) is 0 Å². The monoisotopic (exact) mass is 391 g/mol. The fraction of sp³-hybridized carbons (Fsp3) is 0.500. The van der Waals surface area contributed by atoms with Gasteiger partial charge in [0.15, 0.2) is 0 Å². The van der Waals surface area contributed by atoms with Crippen LogP contribution in [0.5, 0.6) is 0 Å². The highest BCUT2D eigenvalue weighted by Gasteiger charge is 2.24. The minimum Gasteiger partial charge on any atom is -0.466 e. The van der Waals surface area contributed by atoms with Crippen molar-refractivity contribution < 1.29 is 23.9 Å². The molecular weight excluding hydrogens is 374 g/mol. The van der Waals surface area contributed by atoms with Crippen LogP contribution >= 0.6 is 27.3 Å². The Labute approximate surface area is 141 Å². The first kappa shape index (κ1) is 18.6. The maximum Gasteiger partial charge on any atom is 0.328 e. The van der Waals surface area contributed by atoms with Crippen LogP contribution in [-0.2, 0) is 19.1 Å². The van der Waals surface area contributed by atoms with E-state index < -0.39 is 18.0 Å². The fourth-order valence-electron chi connectivity index (χ4n) is 1.66. The number of carbonyl (C=O) groups is 3. The minimum atomic E-state index is -0.879. The summed E-state index contributed by atoms with van der Waals surface area (Å²) in [5.74, 6) is -1.36. The van der Waals surface area contributed by atoms with Crippen LogP contribution in [0.4, 0.5) is 0 Å². The lowest BCUT2D eigenvalue weighted by Crippen LogP contribution is -2.42. The summed E-state index contributed by atoms with van der Waals surface area (Å²) < 4.78 is 10.6. The Balaban J connectivity index is 2.66. The van der Waals surface area contributed by atoms with Gasteiger partial charge in [-0.25, -0.2) is 4.79 Å². The molecule has 8 heteroatoms. The normalized spacial score (nSPS) is 11.6. The third kappa shape index (κ3) is 6.15. The number of nitrogens with one attached hydrogen (secondary N) is 1. The van der Waals surface area contributed by atoms with Gasteiger partial charge in [0.05, 0.1) is 22.6 Å². The van der Waals surface area contributed by atoms with Crippen molar-refractivity contribution in [3.63, 3.8) is 0 Å². The molecule has 0 fully saturated rings. The van der Waals surface area contributed by atoms with Crippen molar-refractivity contribution in [2.24, 2.45) is 0 Å². The van der Waals surface area contributed by atoms with Crippen molar-refractivity contribution in [1.29, 1.82) is 0 Å². The maximum atomic E-state index is 12.1. The lowest BCUT2D eigenvalue weighted by molar-refractivity contribution is -0.146. The Morgan fingerprint density at radius 1 is 1.27 bits per heavy atom. The van der Waals surface area contributed by atoms with Gasteiger partial charge in [-0.3, -0.25) is 9.59 Å². The van der Waals surface area contributed by atoms with Crippen LogP contribution in [0.15, 0.2) is 15.2 Å². The molecule has 122 valence electrons. The number of hydrogen-bond donors (Lipinski definition) is 1. The van der Waals surface area contributed by atoms with Crippen molar-refractivity contribution in [3.8, 4) is 0 Å². The zero-order valence-corrected chi connectivity index (χ0v) is 14.8. The first-order valence-corrected chi connectivity index (χ1v) is 8.52. The molecule has 1 amide bonds. The molecule has 1 heterocycles. The van der Waals surface area contributed by atoms with Gasteiger partial charge in [-0.05, 0) is 42.3 Å². The summed E-state index contributed by atoms with van der Waals surface area (Å²) in [6, 6.07) is 0.781. The number of hydrogen-bond acceptors (Lipinski definition) is 6. The standard InChI is InChI=1S/C14H18BrNO5S/c1-3-20-12(17)6-5-10(14(19)21-4-2)16-13(18)9-7-11(15)22-8-9/h7-8,10H,3-6H2,1-2H3,(H,16,18). The molecule has 6 nitrogen and oxygen atoms in total. The van der Waals surface area contributed by atoms with Crippen molar-refractivity contribution in [1.82, 2.24) is 5.32 Å². The highest BCUT2D eigenvalue weighted by Crippen LogP contribution is 2.20.